The van der Waals surface area contributed by atoms with E-state index in [-0.39, 0.29) is 5.60 Å². The van der Waals surface area contributed by atoms with E-state index in [1.54, 1.807) is 7.05 Å². The van der Waals surface area contributed by atoms with Crippen molar-refractivity contribution in [2.24, 2.45) is 4.99 Å². The second kappa shape index (κ2) is 8.60. The molecule has 1 aromatic heterocycles. The quantitative estimate of drug-likeness (QED) is 0.625. The summed E-state index contributed by atoms with van der Waals surface area (Å²) in [5, 5.41) is 6.70. The van der Waals surface area contributed by atoms with Gasteiger partial charge >= 0.3 is 0 Å². The fraction of sp³-hybridized carbons (Fsp3) is 0.450. The van der Waals surface area contributed by atoms with Gasteiger partial charge in [0.05, 0.1) is 0 Å². The van der Waals surface area contributed by atoms with E-state index in [0.717, 1.165) is 30.4 Å². The van der Waals surface area contributed by atoms with E-state index in [9.17, 15) is 0 Å². The standard InChI is InChI=1S/C20H30N4O/c1-16-8-9-17(18(14-16)25-20(2,3)4)15-23-19(21-5)22-10-13-24-11-6-7-12-24/h6-9,11-12,14H,10,13,15H2,1-5H3,(H2,21,22,23). The summed E-state index contributed by atoms with van der Waals surface area (Å²) in [7, 11) is 1.78. The van der Waals surface area contributed by atoms with Crippen molar-refractivity contribution in [2.45, 2.75) is 46.4 Å². The lowest BCUT2D eigenvalue weighted by Gasteiger charge is -2.24. The predicted octanol–water partition coefficient (Wildman–Crippen LogP) is 3.34. The number of rotatable bonds is 6. The molecule has 0 atom stereocenters. The second-order valence-corrected chi connectivity index (χ2v) is 7.10. The Morgan fingerprint density at radius 1 is 1.16 bits per heavy atom. The number of hydrogen-bond acceptors (Lipinski definition) is 2. The Labute approximate surface area is 151 Å². The van der Waals surface area contributed by atoms with Gasteiger partial charge in [-0.15, -0.1) is 0 Å². The molecule has 0 bridgehead atoms. The second-order valence-electron chi connectivity index (χ2n) is 7.10. The lowest BCUT2D eigenvalue weighted by molar-refractivity contribution is 0.129. The third-order valence-corrected chi connectivity index (χ3v) is 3.64. The van der Waals surface area contributed by atoms with E-state index in [1.165, 1.54) is 5.56 Å². The molecule has 2 rings (SSSR count). The van der Waals surface area contributed by atoms with Crippen LogP contribution in [0.2, 0.25) is 0 Å². The molecule has 0 amide bonds. The van der Waals surface area contributed by atoms with Crippen LogP contribution in [-0.4, -0.2) is 29.7 Å². The Bertz CT molecular complexity index is 684. The molecular weight excluding hydrogens is 312 g/mol. The van der Waals surface area contributed by atoms with Crippen LogP contribution in [0.5, 0.6) is 5.75 Å². The zero-order chi connectivity index (χ0) is 18.3. The van der Waals surface area contributed by atoms with Crippen LogP contribution >= 0.6 is 0 Å². The maximum absolute atomic E-state index is 6.11. The van der Waals surface area contributed by atoms with Gasteiger partial charge in [0.1, 0.15) is 11.4 Å². The minimum absolute atomic E-state index is 0.223. The van der Waals surface area contributed by atoms with E-state index in [2.05, 4.69) is 78.5 Å². The number of benzene rings is 1. The monoisotopic (exact) mass is 342 g/mol. The van der Waals surface area contributed by atoms with Crippen LogP contribution in [0, 0.1) is 6.92 Å². The number of hydrogen-bond donors (Lipinski definition) is 2. The minimum Gasteiger partial charge on any atom is -0.488 e. The smallest absolute Gasteiger partial charge is 0.191 e. The van der Waals surface area contributed by atoms with Crippen LogP contribution in [0.25, 0.3) is 0 Å². The third kappa shape index (κ3) is 6.53. The minimum atomic E-state index is -0.223. The summed E-state index contributed by atoms with van der Waals surface area (Å²) in [4.78, 5) is 4.29. The van der Waals surface area contributed by atoms with Gasteiger partial charge in [-0.1, -0.05) is 12.1 Å². The highest BCUT2D eigenvalue weighted by atomic mass is 16.5. The highest BCUT2D eigenvalue weighted by Crippen LogP contribution is 2.24. The van der Waals surface area contributed by atoms with E-state index >= 15 is 0 Å². The van der Waals surface area contributed by atoms with Gasteiger partial charge in [0.2, 0.25) is 0 Å². The molecule has 0 unspecified atom stereocenters. The predicted molar refractivity (Wildman–Crippen MR) is 104 cm³/mol. The summed E-state index contributed by atoms with van der Waals surface area (Å²) in [6.45, 7) is 10.6. The van der Waals surface area contributed by atoms with Crippen LogP contribution in [0.1, 0.15) is 31.9 Å². The first kappa shape index (κ1) is 18.9. The van der Waals surface area contributed by atoms with Crippen molar-refractivity contribution in [3.05, 3.63) is 53.9 Å². The van der Waals surface area contributed by atoms with Gasteiger partial charge in [0.25, 0.3) is 0 Å². The van der Waals surface area contributed by atoms with Crippen molar-refractivity contribution < 1.29 is 4.74 Å². The Kier molecular flexibility index (Phi) is 6.51. The summed E-state index contributed by atoms with van der Waals surface area (Å²) >= 11 is 0. The fourth-order valence-corrected chi connectivity index (χ4v) is 2.45. The van der Waals surface area contributed by atoms with Gasteiger partial charge in [-0.2, -0.15) is 0 Å². The third-order valence-electron chi connectivity index (χ3n) is 3.64. The number of aryl methyl sites for hydroxylation is 1. The van der Waals surface area contributed by atoms with Gasteiger partial charge in [0.15, 0.2) is 5.96 Å². The molecule has 136 valence electrons. The molecule has 0 aliphatic rings. The SMILES string of the molecule is CN=C(NCCn1cccc1)NCc1ccc(C)cc1OC(C)(C)C. The molecule has 5 heteroatoms. The molecule has 0 radical (unpaired) electrons. The Hall–Kier alpha value is -2.43. The van der Waals surface area contributed by atoms with Crippen molar-refractivity contribution in [3.8, 4) is 5.75 Å². The zero-order valence-corrected chi connectivity index (χ0v) is 16.0. The van der Waals surface area contributed by atoms with Gasteiger partial charge in [-0.05, 0) is 51.5 Å². The summed E-state index contributed by atoms with van der Waals surface area (Å²) < 4.78 is 8.24. The van der Waals surface area contributed by atoms with E-state index < -0.39 is 0 Å². The molecule has 0 aliphatic carbocycles. The average Bonchev–Trinajstić information content (AvgIpc) is 3.04. The van der Waals surface area contributed by atoms with Crippen LogP contribution in [0.4, 0.5) is 0 Å². The number of guanidine groups is 1. The largest absolute Gasteiger partial charge is 0.488 e. The summed E-state index contributed by atoms with van der Waals surface area (Å²) in [5.41, 5.74) is 2.09. The molecule has 0 spiro atoms. The maximum atomic E-state index is 6.11. The number of nitrogens with one attached hydrogen (secondary N) is 2. The first-order valence-corrected chi connectivity index (χ1v) is 8.71. The molecule has 0 saturated carbocycles. The van der Waals surface area contributed by atoms with Crippen molar-refractivity contribution in [3.63, 3.8) is 0 Å². The summed E-state index contributed by atoms with van der Waals surface area (Å²) in [5.74, 6) is 1.71. The lowest BCUT2D eigenvalue weighted by Crippen LogP contribution is -2.38. The number of ether oxygens (including phenoxy) is 1. The van der Waals surface area contributed by atoms with E-state index in [4.69, 9.17) is 4.74 Å². The molecule has 1 heterocycles. The van der Waals surface area contributed by atoms with Crippen molar-refractivity contribution in [2.75, 3.05) is 13.6 Å². The van der Waals surface area contributed by atoms with Crippen LogP contribution in [-0.2, 0) is 13.1 Å². The molecule has 25 heavy (non-hydrogen) atoms. The van der Waals surface area contributed by atoms with Gasteiger partial charge in [-0.3, -0.25) is 4.99 Å². The Balaban J connectivity index is 1.92. The molecule has 2 N–H and O–H groups in total. The van der Waals surface area contributed by atoms with Gasteiger partial charge < -0.3 is 19.9 Å². The lowest BCUT2D eigenvalue weighted by atomic mass is 10.1. The average molecular weight is 342 g/mol. The summed E-state index contributed by atoms with van der Waals surface area (Å²) in [6, 6.07) is 10.4. The van der Waals surface area contributed by atoms with Crippen LogP contribution in [0.15, 0.2) is 47.7 Å². The van der Waals surface area contributed by atoms with Crippen LogP contribution in [0.3, 0.4) is 0 Å². The molecule has 2 aromatic rings. The van der Waals surface area contributed by atoms with Crippen molar-refractivity contribution in [1.82, 2.24) is 15.2 Å². The van der Waals surface area contributed by atoms with Gasteiger partial charge in [-0.25, -0.2) is 0 Å². The van der Waals surface area contributed by atoms with Gasteiger partial charge in [0, 0.05) is 44.6 Å². The normalized spacial score (nSPS) is 12.1. The molecule has 0 aliphatic heterocycles. The number of aliphatic imine (C=N–C) groups is 1. The summed E-state index contributed by atoms with van der Waals surface area (Å²) in [6.07, 6.45) is 4.11. The topological polar surface area (TPSA) is 50.6 Å². The van der Waals surface area contributed by atoms with Crippen LogP contribution < -0.4 is 15.4 Å². The first-order chi connectivity index (χ1) is 11.9. The molecule has 0 saturated heterocycles. The Morgan fingerprint density at radius 3 is 2.52 bits per heavy atom. The first-order valence-electron chi connectivity index (χ1n) is 8.71. The Morgan fingerprint density at radius 2 is 1.88 bits per heavy atom. The highest BCUT2D eigenvalue weighted by Gasteiger charge is 2.15. The van der Waals surface area contributed by atoms with E-state index in [0.29, 0.717) is 6.54 Å². The number of nitrogens with zero attached hydrogens (tertiary/aromatic N) is 2. The maximum Gasteiger partial charge on any atom is 0.191 e. The molecule has 1 aromatic carbocycles. The highest BCUT2D eigenvalue weighted by molar-refractivity contribution is 5.79. The zero-order valence-electron chi connectivity index (χ0n) is 16.0. The molecule has 0 fully saturated rings. The molecule has 5 nitrogen and oxygen atoms in total. The van der Waals surface area contributed by atoms with Crippen molar-refractivity contribution in [1.29, 1.82) is 0 Å². The van der Waals surface area contributed by atoms with Crippen molar-refractivity contribution >= 4 is 5.96 Å². The molecular formula is C20H30N4O. The number of aromatic nitrogens is 1. The fourth-order valence-electron chi connectivity index (χ4n) is 2.45. The van der Waals surface area contributed by atoms with E-state index in [1.807, 2.05) is 12.1 Å².